The van der Waals surface area contributed by atoms with Crippen molar-refractivity contribution in [3.8, 4) is 0 Å². The van der Waals surface area contributed by atoms with Crippen molar-refractivity contribution < 1.29 is 17.6 Å². The fraction of sp³-hybridized carbons (Fsp3) is 0.143. The summed E-state index contributed by atoms with van der Waals surface area (Å²) in [6.07, 6.45) is 3.02. The molecule has 0 bridgehead atoms. The van der Waals surface area contributed by atoms with Gasteiger partial charge in [0.1, 0.15) is 11.1 Å². The molecule has 3 aromatic rings. The number of pyridine rings is 1. The molecule has 0 aliphatic rings. The minimum atomic E-state index is -3.77. The number of aromatic nitrogens is 1. The Labute approximate surface area is 163 Å². The Kier molecular flexibility index (Phi) is 5.84. The highest BCUT2D eigenvalue weighted by atomic mass is 32.2. The highest BCUT2D eigenvalue weighted by molar-refractivity contribution is 7.91. The maximum atomic E-state index is 13.2. The van der Waals surface area contributed by atoms with Crippen molar-refractivity contribution in [2.24, 2.45) is 0 Å². The number of hydrogen-bond donors (Lipinski definition) is 1. The molecule has 0 aliphatic heterocycles. The van der Waals surface area contributed by atoms with E-state index in [1.807, 2.05) is 6.92 Å². The van der Waals surface area contributed by atoms with E-state index in [0.29, 0.717) is 5.56 Å². The minimum Gasteiger partial charge on any atom is -0.350 e. The van der Waals surface area contributed by atoms with Gasteiger partial charge in [-0.2, -0.15) is 0 Å². The third-order valence-corrected chi connectivity index (χ3v) is 6.45. The molecule has 1 amide bonds. The molecule has 144 valence electrons. The molecule has 0 saturated heterocycles. The van der Waals surface area contributed by atoms with Crippen molar-refractivity contribution in [1.82, 2.24) is 10.3 Å². The number of nitrogens with zero attached hydrogens (tertiary/aromatic N) is 1. The molecule has 7 heteroatoms. The molecule has 2 aromatic carbocycles. The summed E-state index contributed by atoms with van der Waals surface area (Å²) < 4.78 is 39.5. The van der Waals surface area contributed by atoms with Gasteiger partial charge in [-0.15, -0.1) is 0 Å². The van der Waals surface area contributed by atoms with Gasteiger partial charge in [0.25, 0.3) is 5.91 Å². The number of sulfone groups is 1. The van der Waals surface area contributed by atoms with Crippen molar-refractivity contribution in [2.75, 3.05) is 6.54 Å². The molecule has 1 aromatic heterocycles. The second kappa shape index (κ2) is 8.31. The smallest absolute Gasteiger partial charge is 0.251 e. The van der Waals surface area contributed by atoms with E-state index in [4.69, 9.17) is 0 Å². The minimum absolute atomic E-state index is 0.141. The van der Waals surface area contributed by atoms with E-state index < -0.39 is 26.8 Å². The third kappa shape index (κ3) is 4.43. The fourth-order valence-corrected chi connectivity index (χ4v) is 4.40. The average molecular weight is 398 g/mol. The largest absolute Gasteiger partial charge is 0.350 e. The number of halogens is 1. The Hall–Kier alpha value is -3.06. The molecular weight excluding hydrogens is 379 g/mol. The summed E-state index contributed by atoms with van der Waals surface area (Å²) in [7, 11) is -3.77. The van der Waals surface area contributed by atoms with Gasteiger partial charge in [0.05, 0.1) is 4.90 Å². The Balaban J connectivity index is 1.88. The van der Waals surface area contributed by atoms with Gasteiger partial charge in [-0.1, -0.05) is 23.8 Å². The van der Waals surface area contributed by atoms with Crippen LogP contribution in [0.2, 0.25) is 0 Å². The van der Waals surface area contributed by atoms with E-state index in [9.17, 15) is 17.6 Å². The van der Waals surface area contributed by atoms with Crippen molar-refractivity contribution in [3.63, 3.8) is 0 Å². The summed E-state index contributed by atoms with van der Waals surface area (Å²) in [6, 6.07) is 14.9. The second-order valence-corrected chi connectivity index (χ2v) is 8.48. The Morgan fingerprint density at radius 3 is 2.36 bits per heavy atom. The molecule has 5 nitrogen and oxygen atoms in total. The van der Waals surface area contributed by atoms with Crippen LogP contribution in [0.4, 0.5) is 4.39 Å². The predicted molar refractivity (Wildman–Crippen MR) is 104 cm³/mol. The van der Waals surface area contributed by atoms with Gasteiger partial charge in [0.2, 0.25) is 0 Å². The number of nitrogens with one attached hydrogen (secondary N) is 1. The van der Waals surface area contributed by atoms with Crippen LogP contribution in [0.1, 0.15) is 26.7 Å². The number of aryl methyl sites for hydroxylation is 1. The molecule has 0 fully saturated rings. The lowest BCUT2D eigenvalue weighted by molar-refractivity contribution is 0.0953. The van der Waals surface area contributed by atoms with Crippen molar-refractivity contribution in [2.45, 2.75) is 17.1 Å². The first-order chi connectivity index (χ1) is 13.4. The predicted octanol–water partition coefficient (Wildman–Crippen LogP) is 3.47. The summed E-state index contributed by atoms with van der Waals surface area (Å²) in [5, 5.41) is 1.63. The molecule has 0 saturated carbocycles. The van der Waals surface area contributed by atoms with Crippen LogP contribution in [0.15, 0.2) is 78.0 Å². The van der Waals surface area contributed by atoms with Crippen LogP contribution in [0.25, 0.3) is 0 Å². The van der Waals surface area contributed by atoms with Gasteiger partial charge < -0.3 is 5.32 Å². The van der Waals surface area contributed by atoms with Crippen molar-refractivity contribution in [3.05, 3.63) is 95.6 Å². The third-order valence-electron chi connectivity index (χ3n) is 4.33. The van der Waals surface area contributed by atoms with E-state index in [2.05, 4.69) is 10.3 Å². The van der Waals surface area contributed by atoms with Crippen LogP contribution in [0.3, 0.4) is 0 Å². The molecule has 0 unspecified atom stereocenters. The van der Waals surface area contributed by atoms with Crippen molar-refractivity contribution >= 4 is 15.7 Å². The zero-order valence-corrected chi connectivity index (χ0v) is 16.0. The van der Waals surface area contributed by atoms with Crippen LogP contribution < -0.4 is 5.32 Å². The topological polar surface area (TPSA) is 76.1 Å². The Bertz CT molecular complexity index is 1050. The standard InChI is InChI=1S/C21H19FN2O3S/c1-15-4-10-19(11-5-15)28(26,27)20(17-3-2-12-23-13-17)14-24-21(25)16-6-8-18(22)9-7-16/h2-13,20H,14H2,1H3,(H,24,25)/t20-/m0/s1. The van der Waals surface area contributed by atoms with Crippen LogP contribution in [-0.4, -0.2) is 25.9 Å². The monoisotopic (exact) mass is 398 g/mol. The lowest BCUT2D eigenvalue weighted by Crippen LogP contribution is -2.32. The van der Waals surface area contributed by atoms with Gasteiger partial charge in [0.15, 0.2) is 9.84 Å². The lowest BCUT2D eigenvalue weighted by Gasteiger charge is -2.19. The van der Waals surface area contributed by atoms with Gasteiger partial charge >= 0.3 is 0 Å². The zero-order chi connectivity index (χ0) is 20.1. The SMILES string of the molecule is Cc1ccc(S(=O)(=O)[C@@H](CNC(=O)c2ccc(F)cc2)c2cccnc2)cc1. The van der Waals surface area contributed by atoms with E-state index in [-0.39, 0.29) is 17.0 Å². The van der Waals surface area contributed by atoms with E-state index in [1.54, 1.807) is 42.6 Å². The number of carbonyl (C=O) groups excluding carboxylic acids is 1. The van der Waals surface area contributed by atoms with E-state index in [1.165, 1.54) is 30.5 Å². The molecule has 3 rings (SSSR count). The zero-order valence-electron chi connectivity index (χ0n) is 15.2. The molecule has 0 aliphatic carbocycles. The molecule has 0 radical (unpaired) electrons. The highest BCUT2D eigenvalue weighted by Crippen LogP contribution is 2.28. The summed E-state index contributed by atoms with van der Waals surface area (Å²) in [5.74, 6) is -0.931. The lowest BCUT2D eigenvalue weighted by atomic mass is 10.2. The summed E-state index contributed by atoms with van der Waals surface area (Å²) in [5.41, 5.74) is 1.67. The summed E-state index contributed by atoms with van der Waals surface area (Å²) in [4.78, 5) is 16.5. The van der Waals surface area contributed by atoms with Gasteiger partial charge in [-0.25, -0.2) is 12.8 Å². The Morgan fingerprint density at radius 2 is 1.75 bits per heavy atom. The van der Waals surface area contributed by atoms with Gasteiger partial charge in [-0.3, -0.25) is 9.78 Å². The number of hydrogen-bond acceptors (Lipinski definition) is 4. The highest BCUT2D eigenvalue weighted by Gasteiger charge is 2.30. The maximum Gasteiger partial charge on any atom is 0.251 e. The van der Waals surface area contributed by atoms with Crippen LogP contribution in [0, 0.1) is 12.7 Å². The summed E-state index contributed by atoms with van der Waals surface area (Å²) in [6.45, 7) is 1.73. The molecule has 1 atom stereocenters. The molecule has 0 spiro atoms. The fourth-order valence-electron chi connectivity index (χ4n) is 2.75. The van der Waals surface area contributed by atoms with Gasteiger partial charge in [0, 0.05) is 24.5 Å². The Morgan fingerprint density at radius 1 is 1.07 bits per heavy atom. The molecule has 1 heterocycles. The average Bonchev–Trinajstić information content (AvgIpc) is 2.69. The van der Waals surface area contributed by atoms with Crippen LogP contribution in [-0.2, 0) is 9.84 Å². The second-order valence-electron chi connectivity index (χ2n) is 6.35. The molecule has 1 N–H and O–H groups in total. The van der Waals surface area contributed by atoms with E-state index in [0.717, 1.165) is 5.56 Å². The van der Waals surface area contributed by atoms with Crippen LogP contribution >= 0.6 is 0 Å². The quantitative estimate of drug-likeness (QED) is 0.690. The molecule has 28 heavy (non-hydrogen) atoms. The van der Waals surface area contributed by atoms with Gasteiger partial charge in [-0.05, 0) is 55.0 Å². The molecular formula is C21H19FN2O3S. The summed E-state index contributed by atoms with van der Waals surface area (Å²) >= 11 is 0. The normalized spacial score (nSPS) is 12.4. The number of rotatable bonds is 6. The van der Waals surface area contributed by atoms with E-state index >= 15 is 0 Å². The first-order valence-electron chi connectivity index (χ1n) is 8.62. The number of carbonyl (C=O) groups is 1. The number of amides is 1. The maximum absolute atomic E-state index is 13.2. The first kappa shape index (κ1) is 19.7. The first-order valence-corrected chi connectivity index (χ1v) is 10.2. The van der Waals surface area contributed by atoms with Crippen molar-refractivity contribution in [1.29, 1.82) is 0 Å². The van der Waals surface area contributed by atoms with Crippen LogP contribution in [0.5, 0.6) is 0 Å². The number of benzene rings is 2.